The smallest absolute Gasteiger partial charge is 0.162 e. The third kappa shape index (κ3) is 9.13. The number of rotatable bonds is 10. The number of ether oxygens (including phenoxy) is 2. The van der Waals surface area contributed by atoms with Gasteiger partial charge in [-0.2, -0.15) is 10.4 Å². The second-order valence-electron chi connectivity index (χ2n) is 8.44. The minimum absolute atomic E-state index is 0.0919. The van der Waals surface area contributed by atoms with E-state index in [2.05, 4.69) is 44.5 Å². The van der Waals surface area contributed by atoms with Gasteiger partial charge in [-0.1, -0.05) is 18.2 Å². The first-order chi connectivity index (χ1) is 17.6. The Hall–Kier alpha value is -3.74. The number of nitrogens with zero attached hydrogens (tertiary/aromatic N) is 3. The Morgan fingerprint density at radius 3 is 2.72 bits per heavy atom. The highest BCUT2D eigenvalue weighted by atomic mass is 16.5. The number of nitriles is 1. The van der Waals surface area contributed by atoms with Gasteiger partial charge in [0.25, 0.3) is 0 Å². The lowest BCUT2D eigenvalue weighted by Crippen LogP contribution is -2.16. The SMILES string of the molecule is C=O.CC(C)OC1C=CC(/C=C(\C#N)c2ccc(OCc3ncn[nH]3)cc2NCC2CC2)=CC1.CN. The zero-order chi connectivity index (χ0) is 26.3. The van der Waals surface area contributed by atoms with Crippen LogP contribution in [0.1, 0.15) is 44.5 Å². The van der Waals surface area contributed by atoms with Crippen LogP contribution in [0.15, 0.2) is 54.4 Å². The highest BCUT2D eigenvalue weighted by Crippen LogP contribution is 2.33. The van der Waals surface area contributed by atoms with Crippen LogP contribution >= 0.6 is 0 Å². The molecule has 9 heteroatoms. The van der Waals surface area contributed by atoms with Crippen molar-refractivity contribution in [2.45, 2.75) is 51.9 Å². The van der Waals surface area contributed by atoms with E-state index in [0.717, 1.165) is 29.8 Å². The number of H-pyrrole nitrogens is 1. The zero-order valence-electron chi connectivity index (χ0n) is 21.2. The monoisotopic (exact) mass is 492 g/mol. The van der Waals surface area contributed by atoms with Gasteiger partial charge in [-0.05, 0) is 69.9 Å². The minimum atomic E-state index is 0.0919. The molecule has 2 aliphatic carbocycles. The second kappa shape index (κ2) is 15.3. The topological polar surface area (TPSA) is 139 Å². The first kappa shape index (κ1) is 28.5. The summed E-state index contributed by atoms with van der Waals surface area (Å²) in [6.45, 7) is 7.28. The maximum Gasteiger partial charge on any atom is 0.162 e. The number of aromatic amines is 1. The number of carbonyl (C=O) groups excluding carboxylic acids is 1. The second-order valence-corrected chi connectivity index (χ2v) is 8.44. The van der Waals surface area contributed by atoms with Crippen LogP contribution in [0, 0.1) is 17.2 Å². The minimum Gasteiger partial charge on any atom is -0.486 e. The lowest BCUT2D eigenvalue weighted by atomic mass is 9.98. The van der Waals surface area contributed by atoms with Crippen molar-refractivity contribution in [2.75, 3.05) is 18.9 Å². The molecule has 192 valence electrons. The van der Waals surface area contributed by atoms with Crippen molar-refractivity contribution in [3.8, 4) is 11.8 Å². The molecule has 1 atom stereocenters. The summed E-state index contributed by atoms with van der Waals surface area (Å²) in [6.07, 6.45) is 13.2. The van der Waals surface area contributed by atoms with Crippen LogP contribution in [-0.4, -0.2) is 47.8 Å². The Morgan fingerprint density at radius 2 is 2.14 bits per heavy atom. The Balaban J connectivity index is 0.00000109. The Kier molecular flexibility index (Phi) is 12.1. The summed E-state index contributed by atoms with van der Waals surface area (Å²) in [5, 5.41) is 20.1. The van der Waals surface area contributed by atoms with Gasteiger partial charge in [0.1, 0.15) is 25.5 Å². The van der Waals surface area contributed by atoms with E-state index < -0.39 is 0 Å². The van der Waals surface area contributed by atoms with Crippen LogP contribution in [-0.2, 0) is 16.1 Å². The number of hydrogen-bond donors (Lipinski definition) is 3. The Morgan fingerprint density at radius 1 is 1.36 bits per heavy atom. The van der Waals surface area contributed by atoms with Crippen molar-refractivity contribution in [1.29, 1.82) is 5.26 Å². The number of anilines is 1. The summed E-state index contributed by atoms with van der Waals surface area (Å²) in [5.41, 5.74) is 7.91. The largest absolute Gasteiger partial charge is 0.486 e. The van der Waals surface area contributed by atoms with E-state index in [9.17, 15) is 5.26 Å². The van der Waals surface area contributed by atoms with Crippen molar-refractivity contribution >= 4 is 18.0 Å². The summed E-state index contributed by atoms with van der Waals surface area (Å²) in [4.78, 5) is 12.1. The van der Waals surface area contributed by atoms with Crippen molar-refractivity contribution in [1.82, 2.24) is 15.2 Å². The van der Waals surface area contributed by atoms with Crippen LogP contribution < -0.4 is 15.8 Å². The first-order valence-electron chi connectivity index (χ1n) is 12.0. The molecule has 36 heavy (non-hydrogen) atoms. The number of nitrogens with two attached hydrogens (primary N) is 1. The number of aromatic nitrogens is 3. The molecule has 0 spiro atoms. The molecule has 2 aliphatic rings. The van der Waals surface area contributed by atoms with E-state index in [1.165, 1.54) is 26.2 Å². The van der Waals surface area contributed by atoms with E-state index in [1.807, 2.05) is 51.0 Å². The summed E-state index contributed by atoms with van der Waals surface area (Å²) >= 11 is 0. The van der Waals surface area contributed by atoms with Gasteiger partial charge < -0.3 is 25.3 Å². The number of allylic oxidation sites excluding steroid dienone is 4. The fourth-order valence-electron chi connectivity index (χ4n) is 3.53. The molecule has 9 nitrogen and oxygen atoms in total. The van der Waals surface area contributed by atoms with Crippen LogP contribution in [0.2, 0.25) is 0 Å². The fraction of sp³-hybridized carbons (Fsp3) is 0.407. The van der Waals surface area contributed by atoms with Crippen molar-refractivity contribution in [3.05, 3.63) is 65.8 Å². The molecule has 1 heterocycles. The van der Waals surface area contributed by atoms with Gasteiger partial charge in [0.05, 0.1) is 23.9 Å². The summed E-state index contributed by atoms with van der Waals surface area (Å²) in [6, 6.07) is 8.16. The van der Waals surface area contributed by atoms with Crippen LogP contribution in [0.3, 0.4) is 0 Å². The highest BCUT2D eigenvalue weighted by molar-refractivity contribution is 5.86. The van der Waals surface area contributed by atoms with Gasteiger partial charge in [-0.15, -0.1) is 0 Å². The molecule has 4 rings (SSSR count). The molecular formula is C27H36N6O3. The maximum absolute atomic E-state index is 9.92. The summed E-state index contributed by atoms with van der Waals surface area (Å²) < 4.78 is 11.7. The molecule has 0 amide bonds. The van der Waals surface area contributed by atoms with E-state index in [0.29, 0.717) is 29.7 Å². The number of benzene rings is 1. The first-order valence-corrected chi connectivity index (χ1v) is 12.0. The van der Waals surface area contributed by atoms with E-state index in [-0.39, 0.29) is 12.2 Å². The molecule has 4 N–H and O–H groups in total. The van der Waals surface area contributed by atoms with E-state index in [4.69, 9.17) is 14.3 Å². The predicted molar refractivity (Wildman–Crippen MR) is 141 cm³/mol. The lowest BCUT2D eigenvalue weighted by Gasteiger charge is -2.19. The maximum atomic E-state index is 9.92. The van der Waals surface area contributed by atoms with Gasteiger partial charge in [0.15, 0.2) is 5.82 Å². The van der Waals surface area contributed by atoms with Crippen LogP contribution in [0.5, 0.6) is 5.75 Å². The van der Waals surface area contributed by atoms with Crippen molar-refractivity contribution in [2.24, 2.45) is 11.7 Å². The third-order valence-corrected chi connectivity index (χ3v) is 5.37. The number of carbonyl (C=O) groups is 1. The molecule has 0 radical (unpaired) electrons. The molecule has 0 bridgehead atoms. The quantitative estimate of drug-likeness (QED) is 0.420. The van der Waals surface area contributed by atoms with E-state index in [1.54, 1.807) is 0 Å². The normalized spacial score (nSPS) is 16.6. The van der Waals surface area contributed by atoms with Gasteiger partial charge in [-0.3, -0.25) is 5.10 Å². The zero-order valence-corrected chi connectivity index (χ0v) is 21.2. The molecule has 1 aromatic heterocycles. The van der Waals surface area contributed by atoms with Crippen LogP contribution in [0.4, 0.5) is 5.69 Å². The molecule has 0 aliphatic heterocycles. The standard InChI is InChI=1S/C25H29N5O2.CH5N.CH2O/c1-17(2)32-21-7-5-18(6-8-21)11-20(13-26)23-10-9-22(31-15-25-28-16-29-30-25)12-24(23)27-14-19-3-4-19;2*1-2/h5-7,9-12,16-17,19,21,27H,3-4,8,14-15H2,1-2H3,(H,28,29,30);2H2,1H3;1H2/b20-11+;;. The van der Waals surface area contributed by atoms with E-state index >= 15 is 0 Å². The molecule has 0 saturated heterocycles. The number of nitrogens with one attached hydrogen (secondary N) is 2. The Bertz CT molecular complexity index is 1070. The van der Waals surface area contributed by atoms with Gasteiger partial charge in [0, 0.05) is 23.9 Å². The lowest BCUT2D eigenvalue weighted by molar-refractivity contribution is -0.0980. The molecule has 1 aromatic carbocycles. The van der Waals surface area contributed by atoms with Crippen LogP contribution in [0.25, 0.3) is 5.57 Å². The predicted octanol–water partition coefficient (Wildman–Crippen LogP) is 4.18. The molecule has 1 fully saturated rings. The molecule has 1 saturated carbocycles. The average molecular weight is 493 g/mol. The average Bonchev–Trinajstić information content (AvgIpc) is 3.60. The number of hydrogen-bond acceptors (Lipinski definition) is 8. The van der Waals surface area contributed by atoms with Crippen molar-refractivity contribution < 1.29 is 14.3 Å². The molecule has 2 aromatic rings. The Labute approximate surface area is 213 Å². The van der Waals surface area contributed by atoms with Gasteiger partial charge in [0.2, 0.25) is 0 Å². The highest BCUT2D eigenvalue weighted by Gasteiger charge is 2.21. The van der Waals surface area contributed by atoms with Gasteiger partial charge in [-0.25, -0.2) is 4.98 Å². The van der Waals surface area contributed by atoms with Gasteiger partial charge >= 0.3 is 0 Å². The van der Waals surface area contributed by atoms with Crippen molar-refractivity contribution in [3.63, 3.8) is 0 Å². The summed E-state index contributed by atoms with van der Waals surface area (Å²) in [5.74, 6) is 2.08. The fourth-order valence-corrected chi connectivity index (χ4v) is 3.53. The molecule has 1 unspecified atom stereocenters. The third-order valence-electron chi connectivity index (χ3n) is 5.37. The molecular weight excluding hydrogens is 456 g/mol. The summed E-state index contributed by atoms with van der Waals surface area (Å²) in [7, 11) is 1.50.